The topological polar surface area (TPSA) is 0 Å². The molecule has 0 amide bonds. The summed E-state index contributed by atoms with van der Waals surface area (Å²) in [6.45, 7) is 4.57. The van der Waals surface area contributed by atoms with Crippen LogP contribution in [0.5, 0.6) is 0 Å². The molecule has 0 aliphatic rings. The number of alkyl halides is 1. The summed E-state index contributed by atoms with van der Waals surface area (Å²) in [4.78, 5) is 0. The van der Waals surface area contributed by atoms with Gasteiger partial charge in [-0.25, -0.2) is 0 Å². The minimum atomic E-state index is 0.945. The van der Waals surface area contributed by atoms with E-state index in [9.17, 15) is 0 Å². The Morgan fingerprint density at radius 2 is 1.07 bits per heavy atom. The van der Waals surface area contributed by atoms with Crippen LogP contribution in [0.3, 0.4) is 0 Å². The molecule has 0 fully saturated rings. The molecule has 1 heteroatoms. The lowest BCUT2D eigenvalue weighted by Gasteiger charge is -2.09. The van der Waals surface area contributed by atoms with Crippen molar-refractivity contribution in [2.45, 2.75) is 88.4 Å². The number of rotatable bonds is 11. The predicted molar refractivity (Wildman–Crippen MR) is 79.9 cm³/mol. The molecule has 0 aromatic rings. The second-order valence-corrected chi connectivity index (χ2v) is 6.41. The van der Waals surface area contributed by atoms with Crippen molar-refractivity contribution >= 4 is 22.6 Å². The minimum absolute atomic E-state index is 0.945. The zero-order chi connectivity index (χ0) is 11.4. The van der Waals surface area contributed by atoms with Crippen LogP contribution in [-0.4, -0.2) is 3.92 Å². The molecule has 0 heterocycles. The maximum Gasteiger partial charge on any atom is 0.0110 e. The average Bonchev–Trinajstić information content (AvgIpc) is 2.24. The van der Waals surface area contributed by atoms with E-state index in [1.807, 2.05) is 0 Å². The first kappa shape index (κ1) is 15.7. The predicted octanol–water partition coefficient (Wildman–Crippen LogP) is 6.12. The quantitative estimate of drug-likeness (QED) is 0.244. The molecule has 0 radical (unpaired) electrons. The molecule has 0 saturated carbocycles. The number of halogens is 1. The van der Waals surface area contributed by atoms with Crippen LogP contribution in [0.2, 0.25) is 0 Å². The molecule has 1 unspecified atom stereocenters. The Labute approximate surface area is 111 Å². The molecule has 0 aliphatic carbocycles. The van der Waals surface area contributed by atoms with E-state index >= 15 is 0 Å². The van der Waals surface area contributed by atoms with Gasteiger partial charge in [-0.05, 0) is 12.8 Å². The van der Waals surface area contributed by atoms with Crippen molar-refractivity contribution in [3.63, 3.8) is 0 Å². The molecule has 92 valence electrons. The van der Waals surface area contributed by atoms with Crippen molar-refractivity contribution in [1.29, 1.82) is 0 Å². The third-order valence-corrected chi connectivity index (χ3v) is 4.24. The van der Waals surface area contributed by atoms with Crippen LogP contribution < -0.4 is 0 Å². The van der Waals surface area contributed by atoms with Crippen LogP contribution in [-0.2, 0) is 0 Å². The second kappa shape index (κ2) is 12.8. The first-order chi connectivity index (χ1) is 7.31. The lowest BCUT2D eigenvalue weighted by atomic mass is 10.1. The van der Waals surface area contributed by atoms with Crippen LogP contribution in [0.25, 0.3) is 0 Å². The number of hydrogen-bond acceptors (Lipinski definition) is 0. The van der Waals surface area contributed by atoms with Gasteiger partial charge in [-0.1, -0.05) is 94.2 Å². The maximum atomic E-state index is 2.65. The van der Waals surface area contributed by atoms with Crippen LogP contribution >= 0.6 is 22.6 Å². The minimum Gasteiger partial charge on any atom is -0.0826 e. The molecule has 0 N–H and O–H groups in total. The Balaban J connectivity index is 3.08. The Hall–Kier alpha value is 0.730. The first-order valence-electron chi connectivity index (χ1n) is 6.95. The van der Waals surface area contributed by atoms with Crippen molar-refractivity contribution in [2.75, 3.05) is 0 Å². The fourth-order valence-electron chi connectivity index (χ4n) is 1.91. The summed E-state index contributed by atoms with van der Waals surface area (Å²) < 4.78 is 0.945. The zero-order valence-corrected chi connectivity index (χ0v) is 12.9. The van der Waals surface area contributed by atoms with Gasteiger partial charge in [0, 0.05) is 3.92 Å². The van der Waals surface area contributed by atoms with Crippen LogP contribution in [0.15, 0.2) is 0 Å². The highest BCUT2D eigenvalue weighted by Gasteiger charge is 2.02. The molecule has 15 heavy (non-hydrogen) atoms. The molecule has 0 aromatic carbocycles. The summed E-state index contributed by atoms with van der Waals surface area (Å²) in [6, 6.07) is 0. The maximum absolute atomic E-state index is 2.65. The summed E-state index contributed by atoms with van der Waals surface area (Å²) in [6.07, 6.45) is 15.8. The summed E-state index contributed by atoms with van der Waals surface area (Å²) in [5.74, 6) is 0. The van der Waals surface area contributed by atoms with Crippen molar-refractivity contribution in [3.05, 3.63) is 0 Å². The van der Waals surface area contributed by atoms with Gasteiger partial charge in [0.15, 0.2) is 0 Å². The highest BCUT2D eigenvalue weighted by atomic mass is 127. The van der Waals surface area contributed by atoms with Gasteiger partial charge < -0.3 is 0 Å². The zero-order valence-electron chi connectivity index (χ0n) is 10.7. The molecule has 0 nitrogen and oxygen atoms in total. The second-order valence-electron chi connectivity index (χ2n) is 4.65. The fraction of sp³-hybridized carbons (Fsp3) is 1.00. The standard InChI is InChI=1S/C14H29I/c1-3-5-7-9-11-13-14(15)12-10-8-6-4-2/h14H,3-13H2,1-2H3. The molecule has 0 bridgehead atoms. The Kier molecular flexibility index (Phi) is 13.4. The van der Waals surface area contributed by atoms with Crippen molar-refractivity contribution in [2.24, 2.45) is 0 Å². The van der Waals surface area contributed by atoms with E-state index in [0.29, 0.717) is 0 Å². The van der Waals surface area contributed by atoms with Gasteiger partial charge in [-0.15, -0.1) is 0 Å². The van der Waals surface area contributed by atoms with E-state index in [2.05, 4.69) is 36.4 Å². The molecular weight excluding hydrogens is 295 g/mol. The molecule has 0 spiro atoms. The van der Waals surface area contributed by atoms with Crippen molar-refractivity contribution < 1.29 is 0 Å². The molecule has 0 rings (SSSR count). The smallest absolute Gasteiger partial charge is 0.0110 e. The van der Waals surface area contributed by atoms with Crippen LogP contribution in [0.1, 0.15) is 84.5 Å². The Morgan fingerprint density at radius 1 is 0.667 bits per heavy atom. The third-order valence-electron chi connectivity index (χ3n) is 2.99. The summed E-state index contributed by atoms with van der Waals surface area (Å²) in [5, 5.41) is 0. The van der Waals surface area contributed by atoms with Crippen molar-refractivity contribution in [3.8, 4) is 0 Å². The Bertz CT molecular complexity index is 112. The number of hydrogen-bond donors (Lipinski definition) is 0. The largest absolute Gasteiger partial charge is 0.0826 e. The fourth-order valence-corrected chi connectivity index (χ4v) is 2.79. The Morgan fingerprint density at radius 3 is 1.53 bits per heavy atom. The number of unbranched alkanes of at least 4 members (excludes halogenated alkanes) is 7. The summed E-state index contributed by atoms with van der Waals surface area (Å²) >= 11 is 2.65. The normalized spacial score (nSPS) is 13.0. The van der Waals surface area contributed by atoms with Crippen LogP contribution in [0.4, 0.5) is 0 Å². The van der Waals surface area contributed by atoms with Gasteiger partial charge in [-0.2, -0.15) is 0 Å². The third kappa shape index (κ3) is 12.7. The lowest BCUT2D eigenvalue weighted by molar-refractivity contribution is 0.566. The van der Waals surface area contributed by atoms with Crippen LogP contribution in [0, 0.1) is 0 Å². The van der Waals surface area contributed by atoms with E-state index in [1.165, 1.54) is 70.6 Å². The molecule has 1 atom stereocenters. The van der Waals surface area contributed by atoms with Crippen molar-refractivity contribution in [1.82, 2.24) is 0 Å². The van der Waals surface area contributed by atoms with Gasteiger partial charge in [0.2, 0.25) is 0 Å². The average molecular weight is 324 g/mol. The van der Waals surface area contributed by atoms with E-state index in [1.54, 1.807) is 0 Å². The summed E-state index contributed by atoms with van der Waals surface area (Å²) in [5.41, 5.74) is 0. The van der Waals surface area contributed by atoms with Gasteiger partial charge in [0.25, 0.3) is 0 Å². The lowest BCUT2D eigenvalue weighted by Crippen LogP contribution is -1.97. The van der Waals surface area contributed by atoms with E-state index in [4.69, 9.17) is 0 Å². The summed E-state index contributed by atoms with van der Waals surface area (Å²) in [7, 11) is 0. The molecular formula is C14H29I. The monoisotopic (exact) mass is 324 g/mol. The van der Waals surface area contributed by atoms with Gasteiger partial charge >= 0.3 is 0 Å². The van der Waals surface area contributed by atoms with Gasteiger partial charge in [0.1, 0.15) is 0 Å². The van der Waals surface area contributed by atoms with E-state index in [0.717, 1.165) is 3.92 Å². The highest BCUT2D eigenvalue weighted by molar-refractivity contribution is 14.1. The molecule has 0 aliphatic heterocycles. The SMILES string of the molecule is CCCCCCCC(I)CCCCCC. The molecule has 0 aromatic heterocycles. The highest BCUT2D eigenvalue weighted by Crippen LogP contribution is 2.19. The van der Waals surface area contributed by atoms with E-state index < -0.39 is 0 Å². The molecule has 0 saturated heterocycles. The van der Waals surface area contributed by atoms with E-state index in [-0.39, 0.29) is 0 Å². The van der Waals surface area contributed by atoms with Gasteiger partial charge in [0.05, 0.1) is 0 Å². The first-order valence-corrected chi connectivity index (χ1v) is 8.19. The van der Waals surface area contributed by atoms with Gasteiger partial charge in [-0.3, -0.25) is 0 Å².